The minimum atomic E-state index is -3.38. The molecule has 2 rings (SSSR count). The standard InChI is InChI=1S/C12H20N2O3S2/c1-3-13-8-11-4-5-12(18-11)19(15,16)14(2)10-6-7-17-9-10/h4-5,10,13H,3,6-9H2,1-2H3. The van der Waals surface area contributed by atoms with E-state index >= 15 is 0 Å². The van der Waals surface area contributed by atoms with E-state index in [1.54, 1.807) is 13.1 Å². The molecule has 0 bridgehead atoms. The summed E-state index contributed by atoms with van der Waals surface area (Å²) in [6, 6.07) is 3.53. The Kier molecular flexibility index (Phi) is 4.97. The molecule has 1 saturated heterocycles. The van der Waals surface area contributed by atoms with Crippen LogP contribution in [0.15, 0.2) is 16.3 Å². The molecule has 1 aromatic heterocycles. The van der Waals surface area contributed by atoms with Crippen LogP contribution in [0.25, 0.3) is 0 Å². The highest BCUT2D eigenvalue weighted by Crippen LogP contribution is 2.27. The predicted molar refractivity (Wildman–Crippen MR) is 75.9 cm³/mol. The lowest BCUT2D eigenvalue weighted by molar-refractivity contribution is 0.181. The summed E-state index contributed by atoms with van der Waals surface area (Å²) in [5.74, 6) is 0. The highest BCUT2D eigenvalue weighted by Gasteiger charge is 2.31. The van der Waals surface area contributed by atoms with E-state index < -0.39 is 10.0 Å². The van der Waals surface area contributed by atoms with Gasteiger partial charge in [-0.25, -0.2) is 8.42 Å². The van der Waals surface area contributed by atoms with Crippen LogP contribution in [0.1, 0.15) is 18.2 Å². The molecule has 0 spiro atoms. The summed E-state index contributed by atoms with van der Waals surface area (Å²) in [7, 11) is -1.75. The summed E-state index contributed by atoms with van der Waals surface area (Å²) >= 11 is 1.33. The molecule has 1 aliphatic heterocycles. The van der Waals surface area contributed by atoms with Crippen molar-refractivity contribution in [3.63, 3.8) is 0 Å². The molecule has 1 atom stereocenters. The second kappa shape index (κ2) is 6.32. The Balaban J connectivity index is 2.12. The number of thiophene rings is 1. The quantitative estimate of drug-likeness (QED) is 0.860. The Morgan fingerprint density at radius 2 is 2.32 bits per heavy atom. The summed E-state index contributed by atoms with van der Waals surface area (Å²) < 4.78 is 32.0. The minimum Gasteiger partial charge on any atom is -0.380 e. The molecule has 5 nitrogen and oxygen atoms in total. The summed E-state index contributed by atoms with van der Waals surface area (Å²) in [5, 5.41) is 3.20. The second-order valence-electron chi connectivity index (χ2n) is 4.54. The van der Waals surface area contributed by atoms with Gasteiger partial charge in [0, 0.05) is 25.1 Å². The average molecular weight is 304 g/mol. The molecule has 0 aromatic carbocycles. The molecule has 1 aromatic rings. The van der Waals surface area contributed by atoms with E-state index in [1.807, 2.05) is 13.0 Å². The summed E-state index contributed by atoms with van der Waals surface area (Å²) in [5.41, 5.74) is 0. The van der Waals surface area contributed by atoms with E-state index in [-0.39, 0.29) is 6.04 Å². The number of ether oxygens (including phenoxy) is 1. The van der Waals surface area contributed by atoms with Gasteiger partial charge in [-0.05, 0) is 25.1 Å². The van der Waals surface area contributed by atoms with Gasteiger partial charge in [-0.1, -0.05) is 6.92 Å². The van der Waals surface area contributed by atoms with E-state index in [2.05, 4.69) is 5.32 Å². The van der Waals surface area contributed by atoms with Crippen LogP contribution in [0.3, 0.4) is 0 Å². The van der Waals surface area contributed by atoms with E-state index in [1.165, 1.54) is 15.6 Å². The van der Waals surface area contributed by atoms with Gasteiger partial charge in [-0.3, -0.25) is 0 Å². The van der Waals surface area contributed by atoms with Gasteiger partial charge in [-0.15, -0.1) is 11.3 Å². The predicted octanol–water partition coefficient (Wildman–Crippen LogP) is 1.27. The fourth-order valence-corrected chi connectivity index (χ4v) is 4.87. The molecule has 108 valence electrons. The van der Waals surface area contributed by atoms with Crippen molar-refractivity contribution in [2.24, 2.45) is 0 Å². The van der Waals surface area contributed by atoms with Crippen molar-refractivity contribution in [2.75, 3.05) is 26.8 Å². The lowest BCUT2D eigenvalue weighted by Crippen LogP contribution is -2.36. The zero-order valence-electron chi connectivity index (χ0n) is 11.3. The first-order valence-corrected chi connectivity index (χ1v) is 8.66. The SMILES string of the molecule is CCNCc1ccc(S(=O)(=O)N(C)C2CCOC2)s1. The summed E-state index contributed by atoms with van der Waals surface area (Å²) in [6.07, 6.45) is 0.769. The minimum absolute atomic E-state index is 0.0377. The molecular formula is C12H20N2O3S2. The molecule has 1 N–H and O–H groups in total. The molecule has 0 radical (unpaired) electrons. The first-order valence-electron chi connectivity index (χ1n) is 6.41. The van der Waals surface area contributed by atoms with Gasteiger partial charge < -0.3 is 10.1 Å². The Hall–Kier alpha value is -0.470. The van der Waals surface area contributed by atoms with Crippen molar-refractivity contribution in [1.82, 2.24) is 9.62 Å². The Bertz CT molecular complexity index is 507. The average Bonchev–Trinajstić information content (AvgIpc) is 3.06. The number of sulfonamides is 1. The van der Waals surface area contributed by atoms with E-state index in [0.717, 1.165) is 17.8 Å². The third kappa shape index (κ3) is 3.35. The number of likely N-dealkylation sites (N-methyl/N-ethyl adjacent to an activating group) is 1. The zero-order valence-corrected chi connectivity index (χ0v) is 12.9. The van der Waals surface area contributed by atoms with Crippen molar-refractivity contribution in [1.29, 1.82) is 0 Å². The van der Waals surface area contributed by atoms with Crippen LogP contribution in [0.5, 0.6) is 0 Å². The molecule has 1 aliphatic rings. The third-order valence-electron chi connectivity index (χ3n) is 3.24. The molecular weight excluding hydrogens is 284 g/mol. The summed E-state index contributed by atoms with van der Waals surface area (Å²) in [4.78, 5) is 1.04. The first-order chi connectivity index (χ1) is 9.05. The number of hydrogen-bond donors (Lipinski definition) is 1. The van der Waals surface area contributed by atoms with Crippen molar-refractivity contribution >= 4 is 21.4 Å². The van der Waals surface area contributed by atoms with Crippen molar-refractivity contribution in [2.45, 2.75) is 30.1 Å². The number of rotatable bonds is 6. The zero-order chi connectivity index (χ0) is 13.9. The highest BCUT2D eigenvalue weighted by atomic mass is 32.2. The monoisotopic (exact) mass is 304 g/mol. The van der Waals surface area contributed by atoms with Crippen molar-refractivity contribution in [3.05, 3.63) is 17.0 Å². The van der Waals surface area contributed by atoms with Gasteiger partial charge in [0.15, 0.2) is 0 Å². The van der Waals surface area contributed by atoms with Gasteiger partial charge in [0.1, 0.15) is 4.21 Å². The molecule has 19 heavy (non-hydrogen) atoms. The van der Waals surface area contributed by atoms with Crippen LogP contribution in [-0.2, 0) is 21.3 Å². The smallest absolute Gasteiger partial charge is 0.252 e. The largest absolute Gasteiger partial charge is 0.380 e. The van der Waals surface area contributed by atoms with E-state index in [4.69, 9.17) is 4.74 Å². The Morgan fingerprint density at radius 3 is 2.95 bits per heavy atom. The normalized spacial score (nSPS) is 20.3. The lowest BCUT2D eigenvalue weighted by atomic mass is 10.3. The maximum absolute atomic E-state index is 12.5. The topological polar surface area (TPSA) is 58.6 Å². The number of hydrogen-bond acceptors (Lipinski definition) is 5. The third-order valence-corrected chi connectivity index (χ3v) is 6.70. The van der Waals surface area contributed by atoms with Crippen LogP contribution in [0.2, 0.25) is 0 Å². The Morgan fingerprint density at radius 1 is 1.53 bits per heavy atom. The molecule has 0 saturated carbocycles. The second-order valence-corrected chi connectivity index (χ2v) is 7.93. The summed E-state index contributed by atoms with van der Waals surface area (Å²) in [6.45, 7) is 4.75. The van der Waals surface area contributed by atoms with Crippen LogP contribution in [0.4, 0.5) is 0 Å². The van der Waals surface area contributed by atoms with Crippen LogP contribution in [0, 0.1) is 0 Å². The molecule has 2 heterocycles. The molecule has 7 heteroatoms. The van der Waals surface area contributed by atoms with Gasteiger partial charge in [-0.2, -0.15) is 4.31 Å². The van der Waals surface area contributed by atoms with Gasteiger partial charge in [0.05, 0.1) is 12.6 Å². The van der Waals surface area contributed by atoms with Crippen LogP contribution >= 0.6 is 11.3 Å². The van der Waals surface area contributed by atoms with Crippen molar-refractivity contribution in [3.8, 4) is 0 Å². The van der Waals surface area contributed by atoms with Gasteiger partial charge >= 0.3 is 0 Å². The Labute approximate surface area is 118 Å². The lowest BCUT2D eigenvalue weighted by Gasteiger charge is -2.21. The van der Waals surface area contributed by atoms with Crippen LogP contribution < -0.4 is 5.32 Å². The maximum Gasteiger partial charge on any atom is 0.252 e. The van der Waals surface area contributed by atoms with Gasteiger partial charge in [0.2, 0.25) is 0 Å². The fraction of sp³-hybridized carbons (Fsp3) is 0.667. The maximum atomic E-state index is 12.5. The number of nitrogens with zero attached hydrogens (tertiary/aromatic N) is 1. The highest BCUT2D eigenvalue weighted by molar-refractivity contribution is 7.91. The van der Waals surface area contributed by atoms with Crippen LogP contribution in [-0.4, -0.2) is 45.6 Å². The number of nitrogens with one attached hydrogen (secondary N) is 1. The van der Waals surface area contributed by atoms with Gasteiger partial charge in [0.25, 0.3) is 10.0 Å². The van der Waals surface area contributed by atoms with Crippen molar-refractivity contribution < 1.29 is 13.2 Å². The fourth-order valence-electron chi connectivity index (χ4n) is 1.99. The molecule has 0 aliphatic carbocycles. The first kappa shape index (κ1) is 14.9. The molecule has 0 amide bonds. The van der Waals surface area contributed by atoms with E-state index in [0.29, 0.717) is 24.0 Å². The van der Waals surface area contributed by atoms with E-state index in [9.17, 15) is 8.42 Å². The molecule has 1 unspecified atom stereocenters. The molecule has 1 fully saturated rings.